The molecule has 0 radical (unpaired) electrons. The Kier molecular flexibility index (Phi) is 3.28. The van der Waals surface area contributed by atoms with Gasteiger partial charge in [0.05, 0.1) is 18.1 Å². The topological polar surface area (TPSA) is 47.3 Å². The predicted molar refractivity (Wildman–Crippen MR) is 58.1 cm³/mol. The highest BCUT2D eigenvalue weighted by molar-refractivity contribution is 4.98. The molecule has 0 aromatic heterocycles. The molecule has 2 aliphatic rings. The van der Waals surface area contributed by atoms with Crippen LogP contribution in [0.5, 0.6) is 0 Å². The van der Waals surface area contributed by atoms with Gasteiger partial charge in [0.15, 0.2) is 0 Å². The number of nitrogens with zero attached hydrogens (tertiary/aromatic N) is 2. The van der Waals surface area contributed by atoms with Crippen LogP contribution >= 0.6 is 0 Å². The van der Waals surface area contributed by atoms with Gasteiger partial charge in [-0.2, -0.15) is 5.26 Å². The number of hydrogen-bond donors (Lipinski definition) is 1. The highest BCUT2D eigenvalue weighted by Crippen LogP contribution is 2.32. The van der Waals surface area contributed by atoms with Gasteiger partial charge in [-0.15, -0.1) is 0 Å². The zero-order valence-corrected chi connectivity index (χ0v) is 9.39. The van der Waals surface area contributed by atoms with Crippen LogP contribution in [0.3, 0.4) is 0 Å². The Hall–Kier alpha value is -0.590. The third-order valence-electron chi connectivity index (χ3n) is 4.06. The standard InChI is InChI=1S/C12H20N2O/c1-9-5-6-14(8-12(9)15)11-4-2-3-10(11)7-13/h9-12,15H,2-6,8H2,1H3. The van der Waals surface area contributed by atoms with Crippen LogP contribution < -0.4 is 0 Å². The SMILES string of the molecule is CC1CCN(C2CCCC2C#N)CC1O. The second-order valence-corrected chi connectivity index (χ2v) is 5.06. The molecule has 1 saturated heterocycles. The van der Waals surface area contributed by atoms with Gasteiger partial charge >= 0.3 is 0 Å². The Morgan fingerprint density at radius 1 is 1.33 bits per heavy atom. The molecule has 1 N–H and O–H groups in total. The second-order valence-electron chi connectivity index (χ2n) is 5.06. The molecule has 0 spiro atoms. The van der Waals surface area contributed by atoms with Crippen LogP contribution in [0.4, 0.5) is 0 Å². The van der Waals surface area contributed by atoms with Crippen molar-refractivity contribution < 1.29 is 5.11 Å². The Bertz CT molecular complexity index is 261. The quantitative estimate of drug-likeness (QED) is 0.708. The molecule has 0 bridgehead atoms. The molecule has 1 aliphatic heterocycles. The summed E-state index contributed by atoms with van der Waals surface area (Å²) in [6.07, 6.45) is 4.22. The summed E-state index contributed by atoms with van der Waals surface area (Å²) in [5, 5.41) is 18.9. The fraction of sp³-hybridized carbons (Fsp3) is 0.917. The number of aliphatic hydroxyl groups excluding tert-OH is 1. The summed E-state index contributed by atoms with van der Waals surface area (Å²) in [5.74, 6) is 0.619. The zero-order valence-electron chi connectivity index (χ0n) is 9.39. The Morgan fingerprint density at radius 2 is 2.13 bits per heavy atom. The van der Waals surface area contributed by atoms with Gasteiger partial charge < -0.3 is 5.11 Å². The third-order valence-corrected chi connectivity index (χ3v) is 4.06. The summed E-state index contributed by atoms with van der Waals surface area (Å²) in [4.78, 5) is 2.34. The molecule has 1 aliphatic carbocycles. The van der Waals surface area contributed by atoms with Crippen molar-refractivity contribution in [2.45, 2.75) is 44.8 Å². The van der Waals surface area contributed by atoms with E-state index in [1.54, 1.807) is 0 Å². The van der Waals surface area contributed by atoms with E-state index < -0.39 is 0 Å². The van der Waals surface area contributed by atoms with Crippen LogP contribution in [0.1, 0.15) is 32.6 Å². The molecule has 2 rings (SSSR count). The molecule has 0 aromatic carbocycles. The lowest BCUT2D eigenvalue weighted by atomic mass is 9.93. The van der Waals surface area contributed by atoms with Crippen molar-refractivity contribution >= 4 is 0 Å². The first kappa shape index (κ1) is 10.9. The van der Waals surface area contributed by atoms with Crippen molar-refractivity contribution in [3.8, 4) is 6.07 Å². The van der Waals surface area contributed by atoms with E-state index in [-0.39, 0.29) is 12.0 Å². The largest absolute Gasteiger partial charge is 0.392 e. The Labute approximate surface area is 91.7 Å². The average Bonchev–Trinajstić information content (AvgIpc) is 2.70. The summed E-state index contributed by atoms with van der Waals surface area (Å²) in [7, 11) is 0. The van der Waals surface area contributed by atoms with E-state index in [4.69, 9.17) is 5.26 Å². The first-order valence-corrected chi connectivity index (χ1v) is 6.04. The number of β-amino-alcohol motifs (C(OH)–C–C–N with tert-alkyl or cyclic N) is 1. The molecule has 1 heterocycles. The van der Waals surface area contributed by atoms with E-state index in [1.165, 1.54) is 6.42 Å². The van der Waals surface area contributed by atoms with Crippen molar-refractivity contribution in [1.82, 2.24) is 4.90 Å². The van der Waals surface area contributed by atoms with Gasteiger partial charge in [0.1, 0.15) is 0 Å². The molecule has 4 unspecified atom stereocenters. The maximum absolute atomic E-state index is 9.84. The highest BCUT2D eigenvalue weighted by Gasteiger charge is 2.35. The van der Waals surface area contributed by atoms with E-state index in [9.17, 15) is 5.11 Å². The van der Waals surface area contributed by atoms with Gasteiger partial charge in [0.2, 0.25) is 0 Å². The van der Waals surface area contributed by atoms with Gasteiger partial charge in [-0.1, -0.05) is 13.3 Å². The van der Waals surface area contributed by atoms with Crippen LogP contribution in [0, 0.1) is 23.2 Å². The molecule has 3 heteroatoms. The maximum Gasteiger partial charge on any atom is 0.0693 e. The summed E-state index contributed by atoms with van der Waals surface area (Å²) in [6.45, 7) is 3.93. The second kappa shape index (κ2) is 4.51. The third kappa shape index (κ3) is 2.16. The number of aliphatic hydroxyl groups is 1. The monoisotopic (exact) mass is 208 g/mol. The highest BCUT2D eigenvalue weighted by atomic mass is 16.3. The minimum absolute atomic E-state index is 0.196. The molecular formula is C12H20N2O. The van der Waals surface area contributed by atoms with E-state index in [0.717, 1.165) is 32.4 Å². The van der Waals surface area contributed by atoms with Crippen molar-refractivity contribution in [1.29, 1.82) is 5.26 Å². The van der Waals surface area contributed by atoms with E-state index in [0.29, 0.717) is 12.0 Å². The van der Waals surface area contributed by atoms with Gasteiger partial charge in [-0.05, 0) is 31.7 Å². The van der Waals surface area contributed by atoms with Gasteiger partial charge in [0.25, 0.3) is 0 Å². The molecule has 1 saturated carbocycles. The number of likely N-dealkylation sites (tertiary alicyclic amines) is 1. The van der Waals surface area contributed by atoms with Crippen molar-refractivity contribution in [2.24, 2.45) is 11.8 Å². The first-order valence-electron chi connectivity index (χ1n) is 6.04. The lowest BCUT2D eigenvalue weighted by Crippen LogP contribution is -2.48. The number of piperidine rings is 1. The summed E-state index contributed by atoms with van der Waals surface area (Å²) in [5.41, 5.74) is 0. The number of rotatable bonds is 1. The Morgan fingerprint density at radius 3 is 2.80 bits per heavy atom. The average molecular weight is 208 g/mol. The molecule has 15 heavy (non-hydrogen) atoms. The van der Waals surface area contributed by atoms with Crippen molar-refractivity contribution in [2.75, 3.05) is 13.1 Å². The van der Waals surface area contributed by atoms with Crippen LogP contribution in [0.2, 0.25) is 0 Å². The van der Waals surface area contributed by atoms with Gasteiger partial charge in [0, 0.05) is 12.6 Å². The molecule has 84 valence electrons. The molecule has 3 nitrogen and oxygen atoms in total. The lowest BCUT2D eigenvalue weighted by molar-refractivity contribution is 0.00640. The van der Waals surface area contributed by atoms with Crippen LogP contribution in [0.25, 0.3) is 0 Å². The van der Waals surface area contributed by atoms with E-state index in [1.807, 2.05) is 0 Å². The molecule has 0 aromatic rings. The molecule has 0 amide bonds. The van der Waals surface area contributed by atoms with Crippen molar-refractivity contribution in [3.05, 3.63) is 0 Å². The number of hydrogen-bond acceptors (Lipinski definition) is 3. The minimum atomic E-state index is -0.196. The molecule has 4 atom stereocenters. The van der Waals surface area contributed by atoms with Crippen LogP contribution in [-0.2, 0) is 0 Å². The zero-order chi connectivity index (χ0) is 10.8. The molecular weight excluding hydrogens is 188 g/mol. The van der Waals surface area contributed by atoms with E-state index in [2.05, 4.69) is 17.9 Å². The fourth-order valence-corrected chi connectivity index (χ4v) is 2.90. The van der Waals surface area contributed by atoms with Crippen molar-refractivity contribution in [3.63, 3.8) is 0 Å². The van der Waals surface area contributed by atoms with E-state index >= 15 is 0 Å². The lowest BCUT2D eigenvalue weighted by Gasteiger charge is -2.38. The van der Waals surface area contributed by atoms with Crippen LogP contribution in [0.15, 0.2) is 0 Å². The van der Waals surface area contributed by atoms with Crippen LogP contribution in [-0.4, -0.2) is 35.2 Å². The smallest absolute Gasteiger partial charge is 0.0693 e. The fourth-order valence-electron chi connectivity index (χ4n) is 2.90. The van der Waals surface area contributed by atoms with Gasteiger partial charge in [-0.3, -0.25) is 4.90 Å². The maximum atomic E-state index is 9.84. The summed E-state index contributed by atoms with van der Waals surface area (Å²) < 4.78 is 0. The minimum Gasteiger partial charge on any atom is -0.392 e. The summed E-state index contributed by atoms with van der Waals surface area (Å²) in [6, 6.07) is 2.83. The van der Waals surface area contributed by atoms with Gasteiger partial charge in [-0.25, -0.2) is 0 Å². The summed E-state index contributed by atoms with van der Waals surface area (Å²) >= 11 is 0. The first-order chi connectivity index (χ1) is 7.22. The predicted octanol–water partition coefficient (Wildman–Crippen LogP) is 1.38. The number of nitriles is 1. The molecule has 2 fully saturated rings. The Balaban J connectivity index is 1.97. The normalized spacial score (nSPS) is 42.7.